The number of hydrogen-bond acceptors (Lipinski definition) is 3. The van der Waals surface area contributed by atoms with Crippen LogP contribution in [0.1, 0.15) is 37.4 Å². The first-order valence-corrected chi connectivity index (χ1v) is 8.44. The van der Waals surface area contributed by atoms with Crippen molar-refractivity contribution in [3.05, 3.63) is 29.6 Å². The zero-order valence-electron chi connectivity index (χ0n) is 13.9. The van der Waals surface area contributed by atoms with Crippen molar-refractivity contribution in [1.82, 2.24) is 20.5 Å². The quantitative estimate of drug-likeness (QED) is 0.623. The lowest BCUT2D eigenvalue weighted by Gasteiger charge is -2.26. The van der Waals surface area contributed by atoms with Crippen LogP contribution in [0.5, 0.6) is 0 Å². The first-order chi connectivity index (χ1) is 10.8. The van der Waals surface area contributed by atoms with Gasteiger partial charge >= 0.3 is 0 Å². The smallest absolute Gasteiger partial charge is 0.191 e. The normalized spacial score (nSPS) is 16.5. The predicted octanol–water partition coefficient (Wildman–Crippen LogP) is 1.93. The minimum atomic E-state index is 0.617. The van der Waals surface area contributed by atoms with Gasteiger partial charge in [0.15, 0.2) is 5.96 Å². The highest BCUT2D eigenvalue weighted by Gasteiger charge is 2.09. The van der Waals surface area contributed by atoms with E-state index in [0.717, 1.165) is 31.3 Å². The highest BCUT2D eigenvalue weighted by molar-refractivity contribution is 5.79. The fourth-order valence-electron chi connectivity index (χ4n) is 2.70. The van der Waals surface area contributed by atoms with E-state index in [4.69, 9.17) is 0 Å². The van der Waals surface area contributed by atoms with Crippen LogP contribution in [0.4, 0.5) is 0 Å². The maximum Gasteiger partial charge on any atom is 0.191 e. The van der Waals surface area contributed by atoms with Gasteiger partial charge in [-0.05, 0) is 51.4 Å². The van der Waals surface area contributed by atoms with Gasteiger partial charge < -0.3 is 15.5 Å². The number of likely N-dealkylation sites (tertiary alicyclic amines) is 1. The Morgan fingerprint density at radius 3 is 2.82 bits per heavy atom. The molecule has 5 heteroatoms. The molecule has 5 nitrogen and oxygen atoms in total. The van der Waals surface area contributed by atoms with Crippen LogP contribution >= 0.6 is 0 Å². The zero-order chi connectivity index (χ0) is 15.6. The molecule has 0 unspecified atom stereocenters. The van der Waals surface area contributed by atoms with Crippen LogP contribution in [0.15, 0.2) is 23.3 Å². The monoisotopic (exact) mass is 303 g/mol. The molecule has 0 radical (unpaired) electrons. The molecule has 0 aliphatic carbocycles. The Morgan fingerprint density at radius 1 is 1.27 bits per heavy atom. The van der Waals surface area contributed by atoms with Crippen molar-refractivity contribution in [2.75, 3.05) is 32.7 Å². The SMILES string of the molecule is CCNC(=NCc1ncccc1C)NCCN1CCCCC1. The second-order valence-corrected chi connectivity index (χ2v) is 5.79. The first-order valence-electron chi connectivity index (χ1n) is 8.44. The van der Waals surface area contributed by atoms with Crippen molar-refractivity contribution in [2.45, 2.75) is 39.7 Å². The number of aryl methyl sites for hydroxylation is 1. The molecule has 0 saturated carbocycles. The molecule has 0 spiro atoms. The highest BCUT2D eigenvalue weighted by atomic mass is 15.2. The summed E-state index contributed by atoms with van der Waals surface area (Å²) in [6.45, 7) is 10.2. The Labute approximate surface area is 134 Å². The minimum absolute atomic E-state index is 0.617. The molecule has 1 aromatic rings. The number of hydrogen-bond donors (Lipinski definition) is 2. The van der Waals surface area contributed by atoms with Crippen molar-refractivity contribution >= 4 is 5.96 Å². The standard InChI is InChI=1S/C17H29N5/c1-3-18-17(20-10-13-22-11-5-4-6-12-22)21-14-16-15(2)8-7-9-19-16/h7-9H,3-6,10-14H2,1-2H3,(H2,18,20,21). The van der Waals surface area contributed by atoms with E-state index in [1.54, 1.807) is 0 Å². The molecule has 0 atom stereocenters. The minimum Gasteiger partial charge on any atom is -0.357 e. The maximum absolute atomic E-state index is 4.64. The van der Waals surface area contributed by atoms with Crippen LogP contribution in [0, 0.1) is 6.92 Å². The molecular formula is C17H29N5. The van der Waals surface area contributed by atoms with E-state index < -0.39 is 0 Å². The number of nitrogens with zero attached hydrogens (tertiary/aromatic N) is 3. The van der Waals surface area contributed by atoms with E-state index in [-0.39, 0.29) is 0 Å². The Morgan fingerprint density at radius 2 is 2.09 bits per heavy atom. The lowest BCUT2D eigenvalue weighted by Crippen LogP contribution is -2.42. The second-order valence-electron chi connectivity index (χ2n) is 5.79. The lowest BCUT2D eigenvalue weighted by atomic mass is 10.1. The number of pyridine rings is 1. The van der Waals surface area contributed by atoms with E-state index in [1.165, 1.54) is 37.9 Å². The summed E-state index contributed by atoms with van der Waals surface area (Å²) >= 11 is 0. The third-order valence-electron chi connectivity index (χ3n) is 4.02. The van der Waals surface area contributed by atoms with E-state index in [9.17, 15) is 0 Å². The molecular weight excluding hydrogens is 274 g/mol. The molecule has 1 aliphatic rings. The van der Waals surface area contributed by atoms with Gasteiger partial charge in [-0.3, -0.25) is 4.98 Å². The number of aromatic nitrogens is 1. The number of aliphatic imine (C=N–C) groups is 1. The third kappa shape index (κ3) is 5.64. The predicted molar refractivity (Wildman–Crippen MR) is 92.1 cm³/mol. The molecule has 0 amide bonds. The van der Waals surface area contributed by atoms with Crippen LogP contribution < -0.4 is 10.6 Å². The Kier molecular flexibility index (Phi) is 7.16. The summed E-state index contributed by atoms with van der Waals surface area (Å²) in [7, 11) is 0. The van der Waals surface area contributed by atoms with Gasteiger partial charge in [0.05, 0.1) is 12.2 Å². The van der Waals surface area contributed by atoms with Crippen molar-refractivity contribution < 1.29 is 0 Å². The van der Waals surface area contributed by atoms with Crippen molar-refractivity contribution in [1.29, 1.82) is 0 Å². The average molecular weight is 303 g/mol. The van der Waals surface area contributed by atoms with Crippen LogP contribution in [-0.4, -0.2) is 48.6 Å². The zero-order valence-corrected chi connectivity index (χ0v) is 13.9. The Hall–Kier alpha value is -1.62. The fourth-order valence-corrected chi connectivity index (χ4v) is 2.70. The highest BCUT2D eigenvalue weighted by Crippen LogP contribution is 2.07. The van der Waals surface area contributed by atoms with Crippen molar-refractivity contribution in [3.8, 4) is 0 Å². The molecule has 0 aromatic carbocycles. The molecule has 2 N–H and O–H groups in total. The van der Waals surface area contributed by atoms with E-state index in [0.29, 0.717) is 6.54 Å². The summed E-state index contributed by atoms with van der Waals surface area (Å²) in [6.07, 6.45) is 5.90. The fraction of sp³-hybridized carbons (Fsp3) is 0.647. The summed E-state index contributed by atoms with van der Waals surface area (Å²) < 4.78 is 0. The third-order valence-corrected chi connectivity index (χ3v) is 4.02. The maximum atomic E-state index is 4.64. The van der Waals surface area contributed by atoms with Crippen LogP contribution in [0.25, 0.3) is 0 Å². The average Bonchev–Trinajstić information content (AvgIpc) is 2.55. The molecule has 1 fully saturated rings. The molecule has 1 aromatic heterocycles. The molecule has 22 heavy (non-hydrogen) atoms. The van der Waals surface area contributed by atoms with Crippen molar-refractivity contribution in [2.24, 2.45) is 4.99 Å². The van der Waals surface area contributed by atoms with Crippen LogP contribution in [0.2, 0.25) is 0 Å². The Balaban J connectivity index is 1.80. The first kappa shape index (κ1) is 16.7. The topological polar surface area (TPSA) is 52.6 Å². The number of rotatable bonds is 6. The number of guanidine groups is 1. The molecule has 122 valence electrons. The lowest BCUT2D eigenvalue weighted by molar-refractivity contribution is 0.232. The van der Waals surface area contributed by atoms with E-state index in [2.05, 4.69) is 45.4 Å². The van der Waals surface area contributed by atoms with Gasteiger partial charge in [-0.15, -0.1) is 0 Å². The molecule has 1 saturated heterocycles. The van der Waals surface area contributed by atoms with Crippen molar-refractivity contribution in [3.63, 3.8) is 0 Å². The number of piperidine rings is 1. The summed E-state index contributed by atoms with van der Waals surface area (Å²) in [5.41, 5.74) is 2.23. The van der Waals surface area contributed by atoms with Gasteiger partial charge in [-0.25, -0.2) is 4.99 Å². The van der Waals surface area contributed by atoms with Crippen LogP contribution in [0.3, 0.4) is 0 Å². The van der Waals surface area contributed by atoms with Gasteiger partial charge in [0, 0.05) is 25.8 Å². The number of nitrogens with one attached hydrogen (secondary N) is 2. The summed E-state index contributed by atoms with van der Waals surface area (Å²) in [6, 6.07) is 4.04. The molecule has 2 rings (SSSR count). The molecule has 2 heterocycles. The summed E-state index contributed by atoms with van der Waals surface area (Å²) in [5, 5.41) is 6.73. The second kappa shape index (κ2) is 9.41. The van der Waals surface area contributed by atoms with Gasteiger partial charge in [0.1, 0.15) is 0 Å². The van der Waals surface area contributed by atoms with Gasteiger partial charge in [0.2, 0.25) is 0 Å². The van der Waals surface area contributed by atoms with Gasteiger partial charge in [-0.1, -0.05) is 12.5 Å². The van der Waals surface area contributed by atoms with E-state index in [1.807, 2.05) is 12.3 Å². The largest absolute Gasteiger partial charge is 0.357 e. The van der Waals surface area contributed by atoms with E-state index >= 15 is 0 Å². The summed E-state index contributed by atoms with van der Waals surface area (Å²) in [5.74, 6) is 0.879. The summed E-state index contributed by atoms with van der Waals surface area (Å²) in [4.78, 5) is 11.6. The Bertz CT molecular complexity index is 466. The van der Waals surface area contributed by atoms with Gasteiger partial charge in [-0.2, -0.15) is 0 Å². The van der Waals surface area contributed by atoms with Crippen LogP contribution in [-0.2, 0) is 6.54 Å². The van der Waals surface area contributed by atoms with Gasteiger partial charge in [0.25, 0.3) is 0 Å². The molecule has 0 bridgehead atoms. The molecule has 1 aliphatic heterocycles.